The Labute approximate surface area is 135 Å². The van der Waals surface area contributed by atoms with Crippen molar-refractivity contribution in [1.82, 2.24) is 4.98 Å². The summed E-state index contributed by atoms with van der Waals surface area (Å²) in [5.74, 6) is 1.62. The smallest absolute Gasteiger partial charge is 0.135 e. The normalized spacial score (nSPS) is 10.2. The van der Waals surface area contributed by atoms with Gasteiger partial charge in [-0.1, -0.05) is 0 Å². The molecule has 1 aromatic heterocycles. The van der Waals surface area contributed by atoms with Crippen LogP contribution in [0.25, 0.3) is 0 Å². The van der Waals surface area contributed by atoms with Gasteiger partial charge < -0.3 is 15.4 Å². The van der Waals surface area contributed by atoms with Crippen LogP contribution in [0.2, 0.25) is 0 Å². The summed E-state index contributed by atoms with van der Waals surface area (Å²) in [7, 11) is 1.65. The van der Waals surface area contributed by atoms with Gasteiger partial charge in [0, 0.05) is 35.0 Å². The van der Waals surface area contributed by atoms with Crippen LogP contribution in [0.1, 0.15) is 6.92 Å². The number of ether oxygens (including phenoxy) is 1. The van der Waals surface area contributed by atoms with E-state index in [9.17, 15) is 0 Å². The quantitative estimate of drug-likeness (QED) is 0.757. The molecule has 0 saturated carbocycles. The molecule has 4 nitrogen and oxygen atoms in total. The summed E-state index contributed by atoms with van der Waals surface area (Å²) in [4.78, 5) is 4.25. The fourth-order valence-electron chi connectivity index (χ4n) is 1.72. The first kappa shape index (κ1) is 15.1. The second kappa shape index (κ2) is 6.95. The molecule has 0 fully saturated rings. The highest BCUT2D eigenvalue weighted by molar-refractivity contribution is 9.11. The highest BCUT2D eigenvalue weighted by Crippen LogP contribution is 2.36. The molecule has 1 aromatic carbocycles. The third-order valence-corrected chi connectivity index (χ3v) is 3.91. The van der Waals surface area contributed by atoms with Crippen LogP contribution in [0, 0.1) is 0 Å². The number of nitrogens with one attached hydrogen (secondary N) is 2. The van der Waals surface area contributed by atoms with E-state index in [4.69, 9.17) is 4.74 Å². The van der Waals surface area contributed by atoms with Crippen LogP contribution in [-0.2, 0) is 0 Å². The SMILES string of the molecule is CCNc1cc(Nc2cc(OC)c(Br)cc2Br)ccn1. The predicted molar refractivity (Wildman–Crippen MR) is 90.1 cm³/mol. The van der Waals surface area contributed by atoms with Gasteiger partial charge in [-0.05, 0) is 50.9 Å². The van der Waals surface area contributed by atoms with E-state index in [1.54, 1.807) is 13.3 Å². The number of methoxy groups -OCH3 is 1. The fourth-order valence-corrected chi connectivity index (χ4v) is 2.98. The van der Waals surface area contributed by atoms with E-state index in [1.807, 2.05) is 31.2 Å². The monoisotopic (exact) mass is 399 g/mol. The lowest BCUT2D eigenvalue weighted by Gasteiger charge is -2.12. The molecule has 0 amide bonds. The molecule has 0 atom stereocenters. The Hall–Kier alpha value is -1.27. The summed E-state index contributed by atoms with van der Waals surface area (Å²) < 4.78 is 7.16. The maximum Gasteiger partial charge on any atom is 0.135 e. The zero-order chi connectivity index (χ0) is 14.5. The maximum absolute atomic E-state index is 5.31. The number of anilines is 3. The number of hydrogen-bond acceptors (Lipinski definition) is 4. The molecular weight excluding hydrogens is 386 g/mol. The zero-order valence-corrected chi connectivity index (χ0v) is 14.4. The summed E-state index contributed by atoms with van der Waals surface area (Å²) in [6, 6.07) is 7.77. The van der Waals surface area contributed by atoms with E-state index in [2.05, 4.69) is 47.5 Å². The minimum absolute atomic E-state index is 0.775. The minimum atomic E-state index is 0.775. The largest absolute Gasteiger partial charge is 0.495 e. The average molecular weight is 401 g/mol. The predicted octanol–water partition coefficient (Wildman–Crippen LogP) is 4.79. The van der Waals surface area contributed by atoms with Crippen molar-refractivity contribution in [2.75, 3.05) is 24.3 Å². The van der Waals surface area contributed by atoms with E-state index in [1.165, 1.54) is 0 Å². The number of rotatable bonds is 5. The van der Waals surface area contributed by atoms with Gasteiger partial charge in [-0.3, -0.25) is 0 Å². The second-order valence-corrected chi connectivity index (χ2v) is 5.76. The van der Waals surface area contributed by atoms with Crippen LogP contribution in [0.15, 0.2) is 39.4 Å². The molecule has 0 radical (unpaired) electrons. The first-order valence-corrected chi connectivity index (χ1v) is 7.72. The Morgan fingerprint density at radius 2 is 2.00 bits per heavy atom. The molecule has 0 aliphatic carbocycles. The van der Waals surface area contributed by atoms with Gasteiger partial charge in [0.25, 0.3) is 0 Å². The number of nitrogens with zero attached hydrogens (tertiary/aromatic N) is 1. The molecule has 0 saturated heterocycles. The van der Waals surface area contributed by atoms with Crippen molar-refractivity contribution in [2.45, 2.75) is 6.92 Å². The Bertz CT molecular complexity index is 605. The molecule has 106 valence electrons. The van der Waals surface area contributed by atoms with E-state index in [0.717, 1.165) is 38.4 Å². The van der Waals surface area contributed by atoms with Gasteiger partial charge in [-0.2, -0.15) is 0 Å². The number of halogens is 2. The lowest BCUT2D eigenvalue weighted by molar-refractivity contribution is 0.412. The van der Waals surface area contributed by atoms with Crippen LogP contribution in [0.5, 0.6) is 5.75 Å². The number of hydrogen-bond donors (Lipinski definition) is 2. The fraction of sp³-hybridized carbons (Fsp3) is 0.214. The molecule has 2 aromatic rings. The van der Waals surface area contributed by atoms with Crippen LogP contribution >= 0.6 is 31.9 Å². The Balaban J connectivity index is 2.27. The van der Waals surface area contributed by atoms with E-state index in [-0.39, 0.29) is 0 Å². The van der Waals surface area contributed by atoms with Crippen LogP contribution in [0.4, 0.5) is 17.2 Å². The lowest BCUT2D eigenvalue weighted by atomic mass is 10.2. The van der Waals surface area contributed by atoms with Crippen molar-refractivity contribution < 1.29 is 4.74 Å². The van der Waals surface area contributed by atoms with Crippen LogP contribution < -0.4 is 15.4 Å². The van der Waals surface area contributed by atoms with Crippen LogP contribution in [-0.4, -0.2) is 18.6 Å². The average Bonchev–Trinajstić information content (AvgIpc) is 2.43. The van der Waals surface area contributed by atoms with E-state index < -0.39 is 0 Å². The molecule has 20 heavy (non-hydrogen) atoms. The molecule has 0 aliphatic rings. The van der Waals surface area contributed by atoms with E-state index in [0.29, 0.717) is 0 Å². The number of pyridine rings is 1. The van der Waals surface area contributed by atoms with E-state index >= 15 is 0 Å². The molecule has 0 bridgehead atoms. The van der Waals surface area contributed by atoms with Gasteiger partial charge in [0.05, 0.1) is 17.3 Å². The highest BCUT2D eigenvalue weighted by Gasteiger charge is 2.07. The molecule has 2 N–H and O–H groups in total. The number of benzene rings is 1. The molecule has 0 spiro atoms. The molecule has 2 rings (SSSR count). The zero-order valence-electron chi connectivity index (χ0n) is 11.2. The summed E-state index contributed by atoms with van der Waals surface area (Å²) in [5, 5.41) is 6.53. The van der Waals surface area contributed by atoms with Gasteiger partial charge in [0.1, 0.15) is 11.6 Å². The molecule has 6 heteroatoms. The Morgan fingerprint density at radius 1 is 1.20 bits per heavy atom. The van der Waals surface area contributed by atoms with Gasteiger partial charge in [-0.25, -0.2) is 4.98 Å². The summed E-state index contributed by atoms with van der Waals surface area (Å²) in [6.45, 7) is 2.88. The van der Waals surface area contributed by atoms with Crippen molar-refractivity contribution in [3.63, 3.8) is 0 Å². The second-order valence-electron chi connectivity index (χ2n) is 4.05. The topological polar surface area (TPSA) is 46.2 Å². The van der Waals surface area contributed by atoms with Gasteiger partial charge in [-0.15, -0.1) is 0 Å². The van der Waals surface area contributed by atoms with Crippen molar-refractivity contribution in [1.29, 1.82) is 0 Å². The molecular formula is C14H15Br2N3O. The van der Waals surface area contributed by atoms with Gasteiger partial charge >= 0.3 is 0 Å². The van der Waals surface area contributed by atoms with Crippen molar-refractivity contribution in [2.24, 2.45) is 0 Å². The number of aromatic nitrogens is 1. The maximum atomic E-state index is 5.31. The minimum Gasteiger partial charge on any atom is -0.495 e. The van der Waals surface area contributed by atoms with Crippen molar-refractivity contribution in [3.8, 4) is 5.75 Å². The standard InChI is InChI=1S/C14H15Br2N3O/c1-3-17-14-6-9(4-5-18-14)19-12-8-13(20-2)11(16)7-10(12)15/h4-8H,3H2,1-2H3,(H2,17,18,19). The lowest BCUT2D eigenvalue weighted by Crippen LogP contribution is -2.00. The Kier molecular flexibility index (Phi) is 5.25. The van der Waals surface area contributed by atoms with Crippen molar-refractivity contribution in [3.05, 3.63) is 39.4 Å². The van der Waals surface area contributed by atoms with Gasteiger partial charge in [0.2, 0.25) is 0 Å². The summed E-state index contributed by atoms with van der Waals surface area (Å²) in [6.07, 6.45) is 1.77. The summed E-state index contributed by atoms with van der Waals surface area (Å²) in [5.41, 5.74) is 1.89. The molecule has 0 unspecified atom stereocenters. The Morgan fingerprint density at radius 3 is 2.70 bits per heavy atom. The van der Waals surface area contributed by atoms with Crippen LogP contribution in [0.3, 0.4) is 0 Å². The van der Waals surface area contributed by atoms with Gasteiger partial charge in [0.15, 0.2) is 0 Å². The third-order valence-electron chi connectivity index (χ3n) is 2.64. The molecule has 1 heterocycles. The molecule has 0 aliphatic heterocycles. The van der Waals surface area contributed by atoms with Crippen molar-refractivity contribution >= 4 is 49.1 Å². The first-order chi connectivity index (χ1) is 9.63. The summed E-state index contributed by atoms with van der Waals surface area (Å²) >= 11 is 6.99. The third kappa shape index (κ3) is 3.64. The first-order valence-electron chi connectivity index (χ1n) is 6.14. The highest BCUT2D eigenvalue weighted by atomic mass is 79.9.